The summed E-state index contributed by atoms with van der Waals surface area (Å²) in [4.78, 5) is 17.2. The normalized spacial score (nSPS) is 11.4. The second-order valence-corrected chi connectivity index (χ2v) is 7.06. The number of rotatable bonds is 5. The van der Waals surface area contributed by atoms with Crippen molar-refractivity contribution in [3.8, 4) is 11.3 Å². The number of fused-ring (bicyclic) bond motifs is 1. The molecular weight excluding hydrogens is 367 g/mol. The van der Waals surface area contributed by atoms with Crippen molar-refractivity contribution in [2.75, 3.05) is 5.32 Å². The highest BCUT2D eigenvalue weighted by atomic mass is 35.5. The molecule has 3 aromatic rings. The molecule has 126 valence electrons. The lowest BCUT2D eigenvalue weighted by Gasteiger charge is -2.09. The van der Waals surface area contributed by atoms with Gasteiger partial charge in [0.2, 0.25) is 16.8 Å². The Morgan fingerprint density at radius 3 is 2.79 bits per heavy atom. The number of nitrogens with one attached hydrogen (secondary N) is 1. The highest BCUT2D eigenvalue weighted by Gasteiger charge is 2.18. The molecule has 0 aliphatic carbocycles. The topological polar surface area (TPSA) is 59.3 Å². The minimum absolute atomic E-state index is 0.0339. The van der Waals surface area contributed by atoms with E-state index in [-0.39, 0.29) is 11.8 Å². The number of carbonyl (C=O) groups excluding carboxylic acids is 1. The molecule has 0 saturated heterocycles. The smallest absolute Gasteiger partial charge is 0.250 e. The fourth-order valence-electron chi connectivity index (χ4n) is 2.49. The summed E-state index contributed by atoms with van der Waals surface area (Å²) in [6.45, 7) is 3.98. The SMILES string of the molecule is CCC(CC)C(=O)Nc1nc2scc(-c3cc(Cl)ccc3Cl)n2n1. The van der Waals surface area contributed by atoms with Crippen LogP contribution in [0.3, 0.4) is 0 Å². The van der Waals surface area contributed by atoms with Crippen LogP contribution in [0.5, 0.6) is 0 Å². The molecule has 24 heavy (non-hydrogen) atoms. The predicted molar refractivity (Wildman–Crippen MR) is 99.0 cm³/mol. The second-order valence-electron chi connectivity index (χ2n) is 5.38. The number of aromatic nitrogens is 3. The molecule has 5 nitrogen and oxygen atoms in total. The number of halogens is 2. The molecule has 0 atom stereocenters. The van der Waals surface area contributed by atoms with Gasteiger partial charge in [0, 0.05) is 21.9 Å². The van der Waals surface area contributed by atoms with Gasteiger partial charge in [-0.1, -0.05) is 37.0 Å². The Labute approximate surface area is 153 Å². The van der Waals surface area contributed by atoms with Gasteiger partial charge in [-0.25, -0.2) is 4.52 Å². The zero-order chi connectivity index (χ0) is 17.3. The van der Waals surface area contributed by atoms with Gasteiger partial charge in [0.05, 0.1) is 10.7 Å². The molecular formula is C16H16Cl2N4OS. The van der Waals surface area contributed by atoms with Crippen molar-refractivity contribution in [2.45, 2.75) is 26.7 Å². The summed E-state index contributed by atoms with van der Waals surface area (Å²) in [6.07, 6.45) is 1.57. The molecule has 0 unspecified atom stereocenters. The van der Waals surface area contributed by atoms with E-state index in [4.69, 9.17) is 23.2 Å². The van der Waals surface area contributed by atoms with Crippen LogP contribution in [0.25, 0.3) is 16.2 Å². The number of hydrogen-bond donors (Lipinski definition) is 1. The van der Waals surface area contributed by atoms with Crippen LogP contribution < -0.4 is 5.32 Å². The van der Waals surface area contributed by atoms with E-state index >= 15 is 0 Å². The van der Waals surface area contributed by atoms with E-state index in [1.165, 1.54) is 11.3 Å². The van der Waals surface area contributed by atoms with Crippen molar-refractivity contribution in [1.29, 1.82) is 0 Å². The molecule has 1 N–H and O–H groups in total. The summed E-state index contributed by atoms with van der Waals surface area (Å²) in [5, 5.41) is 10.3. The van der Waals surface area contributed by atoms with Gasteiger partial charge < -0.3 is 0 Å². The molecule has 0 spiro atoms. The molecule has 0 fully saturated rings. The first kappa shape index (κ1) is 17.2. The summed E-state index contributed by atoms with van der Waals surface area (Å²) in [5.74, 6) is 0.215. The molecule has 0 aliphatic heterocycles. The van der Waals surface area contributed by atoms with Crippen LogP contribution in [0.15, 0.2) is 23.6 Å². The van der Waals surface area contributed by atoms with Gasteiger partial charge in [-0.05, 0) is 31.0 Å². The highest BCUT2D eigenvalue weighted by Crippen LogP contribution is 2.33. The third-order valence-corrected chi connectivity index (χ3v) is 5.26. The van der Waals surface area contributed by atoms with E-state index in [1.54, 1.807) is 22.7 Å². The molecule has 0 saturated carbocycles. The van der Waals surface area contributed by atoms with E-state index < -0.39 is 0 Å². The van der Waals surface area contributed by atoms with E-state index in [9.17, 15) is 4.79 Å². The summed E-state index contributed by atoms with van der Waals surface area (Å²) < 4.78 is 1.67. The van der Waals surface area contributed by atoms with Gasteiger partial charge >= 0.3 is 0 Å². The van der Waals surface area contributed by atoms with Crippen LogP contribution in [0.4, 0.5) is 5.95 Å². The lowest BCUT2D eigenvalue weighted by atomic mass is 10.0. The zero-order valence-corrected chi connectivity index (χ0v) is 15.5. The average molecular weight is 383 g/mol. The molecule has 0 radical (unpaired) electrons. The molecule has 3 rings (SSSR count). The van der Waals surface area contributed by atoms with E-state index in [2.05, 4.69) is 15.4 Å². The maximum atomic E-state index is 12.2. The maximum absolute atomic E-state index is 12.2. The number of benzene rings is 1. The molecule has 8 heteroatoms. The minimum atomic E-state index is -0.0550. The molecule has 0 bridgehead atoms. The van der Waals surface area contributed by atoms with Gasteiger partial charge in [0.1, 0.15) is 0 Å². The Balaban J connectivity index is 1.95. The van der Waals surface area contributed by atoms with Crippen molar-refractivity contribution in [2.24, 2.45) is 5.92 Å². The summed E-state index contributed by atoms with van der Waals surface area (Å²) in [7, 11) is 0. The van der Waals surface area contributed by atoms with Crippen LogP contribution in [0.1, 0.15) is 26.7 Å². The first-order valence-corrected chi connectivity index (χ1v) is 9.27. The number of nitrogens with zero attached hydrogens (tertiary/aromatic N) is 3. The third kappa shape index (κ3) is 3.27. The van der Waals surface area contributed by atoms with Crippen LogP contribution in [-0.2, 0) is 4.79 Å². The summed E-state index contributed by atoms with van der Waals surface area (Å²) >= 11 is 13.8. The fourth-order valence-corrected chi connectivity index (χ4v) is 3.69. The maximum Gasteiger partial charge on any atom is 0.250 e. The van der Waals surface area contributed by atoms with Gasteiger partial charge in [0.25, 0.3) is 0 Å². The van der Waals surface area contributed by atoms with Crippen molar-refractivity contribution in [3.05, 3.63) is 33.6 Å². The molecule has 0 aliphatic rings. The standard InChI is InChI=1S/C16H16Cl2N4OS/c1-3-9(4-2)14(23)19-15-20-16-22(21-15)13(8-24-16)11-7-10(17)5-6-12(11)18/h5-9H,3-4H2,1-2H3,(H,19,21,23). The van der Waals surface area contributed by atoms with Gasteiger partial charge in [-0.15, -0.1) is 16.4 Å². The van der Waals surface area contributed by atoms with E-state index in [0.29, 0.717) is 21.0 Å². The number of carbonyl (C=O) groups is 1. The van der Waals surface area contributed by atoms with Gasteiger partial charge in [0.15, 0.2) is 0 Å². The molecule has 1 amide bonds. The predicted octanol–water partition coefficient (Wildman–Crippen LogP) is 5.14. The van der Waals surface area contributed by atoms with Crippen molar-refractivity contribution in [1.82, 2.24) is 14.6 Å². The molecule has 2 aromatic heterocycles. The van der Waals surface area contributed by atoms with E-state index in [1.807, 2.05) is 19.2 Å². The van der Waals surface area contributed by atoms with E-state index in [0.717, 1.165) is 24.1 Å². The summed E-state index contributed by atoms with van der Waals surface area (Å²) in [5.41, 5.74) is 1.57. The number of amides is 1. The molecule has 2 heterocycles. The minimum Gasteiger partial charge on any atom is -0.293 e. The lowest BCUT2D eigenvalue weighted by molar-refractivity contribution is -0.120. The van der Waals surface area contributed by atoms with Crippen molar-refractivity contribution < 1.29 is 4.79 Å². The molecule has 1 aromatic carbocycles. The number of thiazole rings is 1. The van der Waals surface area contributed by atoms with Gasteiger partial charge in [-0.2, -0.15) is 4.98 Å². The zero-order valence-electron chi connectivity index (χ0n) is 13.2. The number of anilines is 1. The van der Waals surface area contributed by atoms with Crippen molar-refractivity contribution in [3.63, 3.8) is 0 Å². The van der Waals surface area contributed by atoms with Crippen LogP contribution in [0.2, 0.25) is 10.0 Å². The van der Waals surface area contributed by atoms with Crippen LogP contribution in [0, 0.1) is 5.92 Å². The third-order valence-electron chi connectivity index (χ3n) is 3.88. The monoisotopic (exact) mass is 382 g/mol. The highest BCUT2D eigenvalue weighted by molar-refractivity contribution is 7.15. The Morgan fingerprint density at radius 2 is 2.08 bits per heavy atom. The van der Waals surface area contributed by atoms with Gasteiger partial charge in [-0.3, -0.25) is 10.1 Å². The largest absolute Gasteiger partial charge is 0.293 e. The van der Waals surface area contributed by atoms with Crippen molar-refractivity contribution >= 4 is 51.4 Å². The second kappa shape index (κ2) is 7.09. The Hall–Kier alpha value is -1.63. The Morgan fingerprint density at radius 1 is 1.33 bits per heavy atom. The average Bonchev–Trinajstić information content (AvgIpc) is 3.11. The van der Waals surface area contributed by atoms with Crippen LogP contribution in [-0.4, -0.2) is 20.5 Å². The lowest BCUT2D eigenvalue weighted by Crippen LogP contribution is -2.22. The Kier molecular flexibility index (Phi) is 5.08. The quantitative estimate of drug-likeness (QED) is 0.664. The first-order valence-electron chi connectivity index (χ1n) is 7.64. The fraction of sp³-hybridized carbons (Fsp3) is 0.312. The first-order chi connectivity index (χ1) is 11.5. The Bertz CT molecular complexity index is 885. The number of hydrogen-bond acceptors (Lipinski definition) is 4. The summed E-state index contributed by atoms with van der Waals surface area (Å²) in [6, 6.07) is 5.27. The van der Waals surface area contributed by atoms with Crippen LogP contribution >= 0.6 is 34.5 Å².